The molecule has 2 N–H and O–H groups in total. The minimum atomic E-state index is -1.34. The van der Waals surface area contributed by atoms with Gasteiger partial charge in [0.25, 0.3) is 0 Å². The van der Waals surface area contributed by atoms with Gasteiger partial charge in [0.05, 0.1) is 12.7 Å². The minimum Gasteiger partial charge on any atom is -0.375 e. The van der Waals surface area contributed by atoms with Crippen LogP contribution < -0.4 is 5.73 Å². The Balaban J connectivity index is 1.63. The van der Waals surface area contributed by atoms with Gasteiger partial charge in [-0.15, -0.1) is 0 Å². The molecule has 38 heavy (non-hydrogen) atoms. The summed E-state index contributed by atoms with van der Waals surface area (Å²) in [6, 6.07) is 0.360. The van der Waals surface area contributed by atoms with Crippen LogP contribution in [0.15, 0.2) is 0 Å². The number of nitrogens with zero attached hydrogens (tertiary/aromatic N) is 3. The first-order valence-electron chi connectivity index (χ1n) is 15.0. The fourth-order valence-corrected chi connectivity index (χ4v) is 7.23. The van der Waals surface area contributed by atoms with Crippen molar-refractivity contribution in [1.29, 1.82) is 0 Å². The van der Waals surface area contributed by atoms with Crippen LogP contribution >= 0.6 is 0 Å². The summed E-state index contributed by atoms with van der Waals surface area (Å²) in [6.45, 7) is 28.4. The normalized spacial score (nSPS) is 35.4. The summed E-state index contributed by atoms with van der Waals surface area (Å²) in [6.07, 6.45) is 2.51. The van der Waals surface area contributed by atoms with Gasteiger partial charge >= 0.3 is 0 Å². The third-order valence-corrected chi connectivity index (χ3v) is 9.61. The van der Waals surface area contributed by atoms with E-state index < -0.39 is 11.3 Å². The number of morpholine rings is 1. The van der Waals surface area contributed by atoms with Crippen molar-refractivity contribution in [2.75, 3.05) is 45.9 Å². The molecule has 0 saturated carbocycles. The predicted octanol–water partition coefficient (Wildman–Crippen LogP) is 5.66. The van der Waals surface area contributed by atoms with Gasteiger partial charge in [-0.2, -0.15) is 0 Å². The van der Waals surface area contributed by atoms with E-state index in [0.717, 1.165) is 26.1 Å². The Labute approximate surface area is 233 Å². The summed E-state index contributed by atoms with van der Waals surface area (Å²) >= 11 is 0. The molecule has 5 nitrogen and oxygen atoms in total. The molecular formula is C31H60F2N4O. The first-order chi connectivity index (χ1) is 17.1. The summed E-state index contributed by atoms with van der Waals surface area (Å²) in [5, 5.41) is 0. The molecule has 0 radical (unpaired) electrons. The Hall–Kier alpha value is -0.340. The number of nitrogens with two attached hydrogens (primary N) is 1. The lowest BCUT2D eigenvalue weighted by molar-refractivity contribution is -0.0671. The maximum atomic E-state index is 16.3. The molecule has 3 aliphatic heterocycles. The van der Waals surface area contributed by atoms with Crippen molar-refractivity contribution in [2.45, 2.75) is 142 Å². The van der Waals surface area contributed by atoms with Crippen LogP contribution in [0.4, 0.5) is 8.78 Å². The third-order valence-electron chi connectivity index (χ3n) is 9.61. The van der Waals surface area contributed by atoms with Gasteiger partial charge in [-0.1, -0.05) is 41.5 Å². The van der Waals surface area contributed by atoms with E-state index in [1.54, 1.807) is 0 Å². The molecule has 0 bridgehead atoms. The Morgan fingerprint density at radius 2 is 1.34 bits per heavy atom. The number of hydrogen-bond acceptors (Lipinski definition) is 5. The molecule has 5 atom stereocenters. The van der Waals surface area contributed by atoms with Crippen molar-refractivity contribution in [1.82, 2.24) is 14.7 Å². The van der Waals surface area contributed by atoms with Crippen LogP contribution in [-0.2, 0) is 4.74 Å². The van der Waals surface area contributed by atoms with E-state index in [4.69, 9.17) is 10.5 Å². The predicted molar refractivity (Wildman–Crippen MR) is 155 cm³/mol. The van der Waals surface area contributed by atoms with Gasteiger partial charge in [0.15, 0.2) is 0 Å². The van der Waals surface area contributed by atoms with Crippen LogP contribution in [0, 0.1) is 10.8 Å². The standard InChI is InChI=1S/C31H60F2N4O/c1-26(2,3)24-17-30(32,21-36(24)28(7,8)9)12-13-35-14-15-38-23(19-35)16-29(10,11)37-22-31(33,20-34)18-25(37)27(4,5)6/h23-25H,12-22,34H2,1-11H3/t23?,24-,25-,30+,31-/m0/s1. The largest absolute Gasteiger partial charge is 0.375 e. The van der Waals surface area contributed by atoms with E-state index in [9.17, 15) is 0 Å². The first-order valence-corrected chi connectivity index (χ1v) is 15.0. The maximum absolute atomic E-state index is 16.3. The Kier molecular flexibility index (Phi) is 9.16. The second-order valence-corrected chi connectivity index (χ2v) is 16.7. The van der Waals surface area contributed by atoms with E-state index in [-0.39, 0.29) is 46.6 Å². The molecule has 3 saturated heterocycles. The third kappa shape index (κ3) is 7.48. The molecule has 0 amide bonds. The highest BCUT2D eigenvalue weighted by atomic mass is 19.1. The molecule has 3 aliphatic rings. The van der Waals surface area contributed by atoms with Gasteiger partial charge in [-0.25, -0.2) is 8.78 Å². The number of alkyl halides is 2. The molecule has 0 spiro atoms. The van der Waals surface area contributed by atoms with E-state index in [2.05, 4.69) is 90.9 Å². The lowest BCUT2D eigenvalue weighted by Gasteiger charge is -2.47. The molecule has 0 aromatic rings. The molecule has 3 heterocycles. The highest BCUT2D eigenvalue weighted by Gasteiger charge is 2.53. The first kappa shape index (κ1) is 32.2. The minimum absolute atomic E-state index is 0.0394. The van der Waals surface area contributed by atoms with Crippen molar-refractivity contribution in [2.24, 2.45) is 16.6 Å². The molecule has 7 heteroatoms. The van der Waals surface area contributed by atoms with Crippen molar-refractivity contribution in [3.8, 4) is 0 Å². The zero-order chi connectivity index (χ0) is 28.9. The second-order valence-electron chi connectivity index (χ2n) is 16.7. The monoisotopic (exact) mass is 542 g/mol. The summed E-state index contributed by atoms with van der Waals surface area (Å²) in [7, 11) is 0. The van der Waals surface area contributed by atoms with Crippen molar-refractivity contribution in [3.63, 3.8) is 0 Å². The fourth-order valence-electron chi connectivity index (χ4n) is 7.23. The Morgan fingerprint density at radius 3 is 1.84 bits per heavy atom. The summed E-state index contributed by atoms with van der Waals surface area (Å²) in [5.41, 5.74) is 3.09. The van der Waals surface area contributed by atoms with E-state index in [0.29, 0.717) is 39.0 Å². The number of ether oxygens (including phenoxy) is 1. The zero-order valence-corrected chi connectivity index (χ0v) is 26.6. The highest BCUT2D eigenvalue weighted by molar-refractivity contribution is 5.07. The van der Waals surface area contributed by atoms with Gasteiger partial charge in [-0.3, -0.25) is 14.7 Å². The number of likely N-dealkylation sites (tertiary alicyclic amines) is 2. The van der Waals surface area contributed by atoms with Crippen molar-refractivity contribution >= 4 is 0 Å². The molecule has 0 aromatic carbocycles. The van der Waals surface area contributed by atoms with Gasteiger partial charge in [0, 0.05) is 62.4 Å². The van der Waals surface area contributed by atoms with Gasteiger partial charge in [-0.05, 0) is 71.1 Å². The number of halogens is 2. The smallest absolute Gasteiger partial charge is 0.137 e. The molecular weight excluding hydrogens is 482 g/mol. The topological polar surface area (TPSA) is 45.0 Å². The van der Waals surface area contributed by atoms with Crippen LogP contribution in [0.25, 0.3) is 0 Å². The quantitative estimate of drug-likeness (QED) is 0.450. The van der Waals surface area contributed by atoms with Gasteiger partial charge in [0.2, 0.25) is 0 Å². The lowest BCUT2D eigenvalue weighted by Crippen LogP contribution is -2.55. The molecule has 1 unspecified atom stereocenters. The van der Waals surface area contributed by atoms with E-state index in [1.165, 1.54) is 0 Å². The molecule has 0 aliphatic carbocycles. The highest BCUT2D eigenvalue weighted by Crippen LogP contribution is 2.46. The average molecular weight is 543 g/mol. The van der Waals surface area contributed by atoms with Crippen LogP contribution in [-0.4, -0.2) is 101 Å². The van der Waals surface area contributed by atoms with E-state index in [1.807, 2.05) is 0 Å². The molecule has 3 fully saturated rings. The lowest BCUT2D eigenvalue weighted by atomic mass is 9.81. The van der Waals surface area contributed by atoms with Crippen LogP contribution in [0.5, 0.6) is 0 Å². The zero-order valence-electron chi connectivity index (χ0n) is 26.6. The van der Waals surface area contributed by atoms with Gasteiger partial charge < -0.3 is 10.5 Å². The molecule has 0 aromatic heterocycles. The SMILES string of the molecule is CC(C)(C)[C@@H]1C[C@](F)(CCN2CCOC(CC(C)(C)N3C[C@@](F)(CN)C[C@H]3C(C)(C)C)C2)CN1C(C)(C)C. The summed E-state index contributed by atoms with van der Waals surface area (Å²) in [5.74, 6) is 0. The Morgan fingerprint density at radius 1 is 0.816 bits per heavy atom. The van der Waals surface area contributed by atoms with Gasteiger partial charge in [0.1, 0.15) is 11.3 Å². The molecule has 224 valence electrons. The van der Waals surface area contributed by atoms with Crippen LogP contribution in [0.2, 0.25) is 0 Å². The summed E-state index contributed by atoms with van der Waals surface area (Å²) in [4.78, 5) is 7.14. The van der Waals surface area contributed by atoms with Crippen molar-refractivity contribution in [3.05, 3.63) is 0 Å². The molecule has 3 rings (SSSR count). The van der Waals surface area contributed by atoms with Crippen molar-refractivity contribution < 1.29 is 13.5 Å². The van der Waals surface area contributed by atoms with E-state index >= 15 is 8.78 Å². The second kappa shape index (κ2) is 10.8. The number of rotatable bonds is 7. The fraction of sp³-hybridized carbons (Fsp3) is 1.00. The number of hydrogen-bond donors (Lipinski definition) is 1. The van der Waals surface area contributed by atoms with Crippen LogP contribution in [0.3, 0.4) is 0 Å². The maximum Gasteiger partial charge on any atom is 0.137 e. The summed E-state index contributed by atoms with van der Waals surface area (Å²) < 4.78 is 38.0. The Bertz CT molecular complexity index is 777. The van der Waals surface area contributed by atoms with Crippen LogP contribution in [0.1, 0.15) is 102 Å². The average Bonchev–Trinajstić information content (AvgIpc) is 3.32.